The van der Waals surface area contributed by atoms with E-state index in [4.69, 9.17) is 21.7 Å². The molecule has 0 aliphatic heterocycles. The number of aliphatic carboxylic acids is 2. The first-order valence-corrected chi connectivity index (χ1v) is 14.3. The fourth-order valence-electron chi connectivity index (χ4n) is 0.385. The Bertz CT molecular complexity index is 192. The van der Waals surface area contributed by atoms with E-state index in [2.05, 4.69) is 0 Å². The van der Waals surface area contributed by atoms with Gasteiger partial charge in [-0.15, -0.1) is 0 Å². The van der Waals surface area contributed by atoms with E-state index < -0.39 is 58.1 Å². The maximum absolute atomic E-state index is 10.3. The molecule has 0 radical (unpaired) electrons. The molecule has 0 fully saturated rings. The summed E-state index contributed by atoms with van der Waals surface area (Å²) in [5.41, 5.74) is 10.6. The number of carboxylic acids is 2. The Balaban J connectivity index is 3.47. The number of nitrogens with two attached hydrogens (primary N) is 2. The molecule has 6 nitrogen and oxygen atoms in total. The van der Waals surface area contributed by atoms with Crippen LogP contribution in [0, 0.1) is 0 Å². The molecule has 0 aromatic carbocycles. The van der Waals surface area contributed by atoms with E-state index in [9.17, 15) is 9.59 Å². The van der Waals surface area contributed by atoms with Gasteiger partial charge in [0, 0.05) is 0 Å². The SMILES string of the molecule is NC(C[Te][Te]CC(N)C(=O)O)C(=O)O. The third-order valence-electron chi connectivity index (χ3n) is 1.21. The van der Waals surface area contributed by atoms with Crippen LogP contribution in [0.3, 0.4) is 0 Å². The van der Waals surface area contributed by atoms with Crippen LogP contribution < -0.4 is 11.5 Å². The third kappa shape index (κ3) is 6.83. The van der Waals surface area contributed by atoms with Crippen LogP contribution in [0.15, 0.2) is 0 Å². The van der Waals surface area contributed by atoms with E-state index in [0.717, 1.165) is 0 Å². The van der Waals surface area contributed by atoms with Crippen molar-refractivity contribution < 1.29 is 19.8 Å². The monoisotopic (exact) mass is 436 g/mol. The minimum absolute atomic E-state index is 0.397. The van der Waals surface area contributed by atoms with Crippen molar-refractivity contribution in [2.75, 3.05) is 0 Å². The molecule has 0 aromatic heterocycles. The molecule has 0 amide bonds. The van der Waals surface area contributed by atoms with Crippen LogP contribution in [0.5, 0.6) is 0 Å². The molecule has 0 saturated heterocycles. The van der Waals surface area contributed by atoms with Gasteiger partial charge in [-0.05, 0) is 0 Å². The van der Waals surface area contributed by atoms with Crippen LogP contribution >= 0.6 is 0 Å². The molecule has 6 N–H and O–H groups in total. The Morgan fingerprint density at radius 3 is 1.50 bits per heavy atom. The summed E-state index contributed by atoms with van der Waals surface area (Å²) in [6.45, 7) is 0. The van der Waals surface area contributed by atoms with Gasteiger partial charge in [-0.3, -0.25) is 0 Å². The van der Waals surface area contributed by atoms with Crippen LogP contribution in [-0.4, -0.2) is 68.3 Å². The van der Waals surface area contributed by atoms with Crippen molar-refractivity contribution in [1.29, 1.82) is 0 Å². The first kappa shape index (κ1) is 14.4. The molecule has 0 spiro atoms. The van der Waals surface area contributed by atoms with Crippen LogP contribution in [0.2, 0.25) is 8.94 Å². The van der Waals surface area contributed by atoms with Crippen LogP contribution in [-0.2, 0) is 9.59 Å². The maximum atomic E-state index is 10.3. The molecule has 0 aliphatic rings. The summed E-state index contributed by atoms with van der Waals surface area (Å²) < 4.78 is 1.07. The fraction of sp³-hybridized carbons (Fsp3) is 0.667. The Morgan fingerprint density at radius 2 is 1.29 bits per heavy atom. The van der Waals surface area contributed by atoms with Crippen molar-refractivity contribution in [2.45, 2.75) is 21.0 Å². The predicted octanol–water partition coefficient (Wildman–Crippen LogP) is -2.03. The van der Waals surface area contributed by atoms with Crippen molar-refractivity contribution in [2.24, 2.45) is 11.5 Å². The molecular formula is C6H12N2O4Te2. The van der Waals surface area contributed by atoms with Gasteiger partial charge in [0.05, 0.1) is 0 Å². The van der Waals surface area contributed by atoms with E-state index >= 15 is 0 Å². The third-order valence-corrected chi connectivity index (χ3v) is 12.9. The number of rotatable bonds is 7. The van der Waals surface area contributed by atoms with E-state index in [1.807, 2.05) is 0 Å². The molecule has 0 aromatic rings. The average Bonchev–Trinajstić information content (AvgIpc) is 2.11. The Kier molecular flexibility index (Phi) is 7.94. The van der Waals surface area contributed by atoms with Crippen molar-refractivity contribution in [3.63, 3.8) is 0 Å². The molecule has 0 saturated carbocycles. The fourth-order valence-corrected chi connectivity index (χ4v) is 11.9. The summed E-state index contributed by atoms with van der Waals surface area (Å²) >= 11 is -0.795. The summed E-state index contributed by atoms with van der Waals surface area (Å²) in [5.74, 6) is -1.96. The zero-order valence-electron chi connectivity index (χ0n) is 7.25. The molecule has 2 unspecified atom stereocenters. The van der Waals surface area contributed by atoms with E-state index in [0.29, 0.717) is 8.94 Å². The predicted molar refractivity (Wildman–Crippen MR) is 52.3 cm³/mol. The molecule has 8 heteroatoms. The number of hydrogen-bond donors (Lipinski definition) is 4. The quantitative estimate of drug-likeness (QED) is 0.272. The second-order valence-electron chi connectivity index (χ2n) is 2.46. The standard InChI is InChI=1S/C6H12N2O4Te2/c7-3(5(9)10)1-13-14-2-4(8)6(11)12/h3-4H,1-2,7-8H2,(H,9,10)(H,11,12). The topological polar surface area (TPSA) is 127 Å². The Labute approximate surface area is 97.7 Å². The molecule has 0 bridgehead atoms. The second-order valence-corrected chi connectivity index (χ2v) is 14.7. The molecule has 0 aliphatic carbocycles. The Hall–Kier alpha value is 0.439. The van der Waals surface area contributed by atoms with Gasteiger partial charge in [-0.1, -0.05) is 0 Å². The zero-order chi connectivity index (χ0) is 11.1. The van der Waals surface area contributed by atoms with Crippen molar-refractivity contribution in [3.05, 3.63) is 0 Å². The molecule has 2 atom stereocenters. The van der Waals surface area contributed by atoms with Gasteiger partial charge in [0.2, 0.25) is 0 Å². The van der Waals surface area contributed by atoms with Crippen molar-refractivity contribution in [1.82, 2.24) is 0 Å². The summed E-state index contributed by atoms with van der Waals surface area (Å²) in [4.78, 5) is 20.7. The van der Waals surface area contributed by atoms with E-state index in [-0.39, 0.29) is 0 Å². The summed E-state index contributed by atoms with van der Waals surface area (Å²) in [7, 11) is 0. The molecular weight excluding hydrogens is 419 g/mol. The van der Waals surface area contributed by atoms with E-state index in [1.54, 1.807) is 0 Å². The van der Waals surface area contributed by atoms with Gasteiger partial charge in [-0.25, -0.2) is 0 Å². The first-order valence-electron chi connectivity index (χ1n) is 3.66. The number of carboxylic acid groups (broad SMARTS) is 2. The average molecular weight is 431 g/mol. The number of hydrogen-bond acceptors (Lipinski definition) is 4. The molecule has 82 valence electrons. The van der Waals surface area contributed by atoms with Gasteiger partial charge < -0.3 is 0 Å². The summed E-state index contributed by atoms with van der Waals surface area (Å²) in [6.07, 6.45) is 0. The van der Waals surface area contributed by atoms with Crippen molar-refractivity contribution in [3.8, 4) is 0 Å². The van der Waals surface area contributed by atoms with Crippen LogP contribution in [0.4, 0.5) is 0 Å². The van der Waals surface area contributed by atoms with Gasteiger partial charge in [0.25, 0.3) is 0 Å². The van der Waals surface area contributed by atoms with E-state index in [1.165, 1.54) is 0 Å². The van der Waals surface area contributed by atoms with Crippen molar-refractivity contribution >= 4 is 46.1 Å². The first-order chi connectivity index (χ1) is 6.45. The summed E-state index contributed by atoms with van der Waals surface area (Å²) in [5, 5.41) is 16.9. The van der Waals surface area contributed by atoms with Gasteiger partial charge in [0.1, 0.15) is 0 Å². The molecule has 0 rings (SSSR count). The number of carbonyl (C=O) groups is 2. The normalized spacial score (nSPS) is 14.7. The molecule has 14 heavy (non-hydrogen) atoms. The van der Waals surface area contributed by atoms with Crippen LogP contribution in [0.1, 0.15) is 0 Å². The second kappa shape index (κ2) is 7.69. The van der Waals surface area contributed by atoms with Gasteiger partial charge in [-0.2, -0.15) is 0 Å². The molecule has 0 heterocycles. The van der Waals surface area contributed by atoms with Crippen LogP contribution in [0.25, 0.3) is 0 Å². The summed E-state index contributed by atoms with van der Waals surface area (Å²) in [6, 6.07) is -1.55. The Morgan fingerprint density at radius 1 is 1.00 bits per heavy atom. The van der Waals surface area contributed by atoms with Gasteiger partial charge >= 0.3 is 98.3 Å². The zero-order valence-corrected chi connectivity index (χ0v) is 11.9. The van der Waals surface area contributed by atoms with Gasteiger partial charge in [0.15, 0.2) is 0 Å². The minimum atomic E-state index is -0.981.